The Balaban J connectivity index is 2.37. The van der Waals surface area contributed by atoms with Crippen LogP contribution in [0.2, 0.25) is 0 Å². The largest absolute Gasteiger partial charge is 0.382 e. The van der Waals surface area contributed by atoms with E-state index in [-0.39, 0.29) is 23.1 Å². The Kier molecular flexibility index (Phi) is 7.60. The summed E-state index contributed by atoms with van der Waals surface area (Å²) < 4.78 is 29.8. The second-order valence-electron chi connectivity index (χ2n) is 8.88. The first-order valence-electron chi connectivity index (χ1n) is 10.6. The topological polar surface area (TPSA) is 66.9 Å². The number of benzene rings is 1. The molecule has 0 bridgehead atoms. The van der Waals surface area contributed by atoms with Crippen molar-refractivity contribution in [3.8, 4) is 5.75 Å². The van der Waals surface area contributed by atoms with Crippen molar-refractivity contribution < 1.29 is 17.4 Å². The van der Waals surface area contributed by atoms with E-state index in [1.165, 1.54) is 0 Å². The third-order valence-corrected chi connectivity index (χ3v) is 6.22. The van der Waals surface area contributed by atoms with Gasteiger partial charge in [-0.05, 0) is 45.1 Å². The molecule has 29 heavy (non-hydrogen) atoms. The zero-order valence-electron chi connectivity index (χ0n) is 18.7. The van der Waals surface area contributed by atoms with E-state index in [1.807, 2.05) is 17.0 Å². The van der Waals surface area contributed by atoms with Crippen molar-refractivity contribution >= 4 is 21.7 Å². The molecule has 164 valence electrons. The van der Waals surface area contributed by atoms with E-state index >= 15 is 0 Å². The highest BCUT2D eigenvalue weighted by Gasteiger charge is 2.34. The van der Waals surface area contributed by atoms with Gasteiger partial charge in [0, 0.05) is 49.4 Å². The van der Waals surface area contributed by atoms with Crippen molar-refractivity contribution in [2.75, 3.05) is 23.7 Å². The van der Waals surface area contributed by atoms with Crippen LogP contribution >= 0.6 is 0 Å². The molecule has 2 rings (SSSR count). The van der Waals surface area contributed by atoms with Crippen LogP contribution in [0.15, 0.2) is 18.2 Å². The number of carbonyl (C=O) groups is 1. The number of carbonyl (C=O) groups excluding carboxylic acids is 1. The van der Waals surface area contributed by atoms with Gasteiger partial charge in [0.2, 0.25) is 5.91 Å². The zero-order valence-corrected chi connectivity index (χ0v) is 19.5. The van der Waals surface area contributed by atoms with E-state index in [1.54, 1.807) is 13.0 Å². The van der Waals surface area contributed by atoms with Gasteiger partial charge < -0.3 is 14.0 Å². The highest BCUT2D eigenvalue weighted by Crippen LogP contribution is 2.34. The Morgan fingerprint density at radius 3 is 2.24 bits per heavy atom. The quantitative estimate of drug-likeness (QED) is 0.527. The van der Waals surface area contributed by atoms with Crippen molar-refractivity contribution in [2.24, 2.45) is 5.41 Å². The monoisotopic (exact) mass is 424 g/mol. The van der Waals surface area contributed by atoms with Crippen LogP contribution < -0.4 is 9.08 Å². The lowest BCUT2D eigenvalue weighted by Crippen LogP contribution is -2.35. The van der Waals surface area contributed by atoms with Crippen LogP contribution in [0.3, 0.4) is 0 Å². The Labute approximate surface area is 176 Å². The molecule has 1 amide bonds. The first-order valence-corrected chi connectivity index (χ1v) is 12.2. The molecule has 6 nitrogen and oxygen atoms in total. The van der Waals surface area contributed by atoms with Gasteiger partial charge in [0.1, 0.15) is 5.75 Å². The Bertz CT molecular complexity index is 807. The molecular formula is C22H36N2O4S. The lowest BCUT2D eigenvalue weighted by atomic mass is 9.91. The number of anilines is 1. The third-order valence-electron chi connectivity index (χ3n) is 5.08. The van der Waals surface area contributed by atoms with Gasteiger partial charge in [0.15, 0.2) is 0 Å². The van der Waals surface area contributed by atoms with Crippen LogP contribution in [0.25, 0.3) is 0 Å². The van der Waals surface area contributed by atoms with Crippen LogP contribution in [-0.4, -0.2) is 44.1 Å². The molecule has 0 N–H and O–H groups in total. The van der Waals surface area contributed by atoms with Gasteiger partial charge in [-0.1, -0.05) is 26.8 Å². The Morgan fingerprint density at radius 2 is 1.76 bits per heavy atom. The van der Waals surface area contributed by atoms with Crippen molar-refractivity contribution in [3.05, 3.63) is 23.8 Å². The number of rotatable bonds is 10. The Morgan fingerprint density at radius 1 is 1.14 bits per heavy atom. The summed E-state index contributed by atoms with van der Waals surface area (Å²) in [6, 6.07) is 5.90. The summed E-state index contributed by atoms with van der Waals surface area (Å²) in [6.45, 7) is 13.8. The number of hydrogen-bond acceptors (Lipinski definition) is 5. The van der Waals surface area contributed by atoms with Gasteiger partial charge in [0.25, 0.3) is 0 Å². The smallest absolute Gasteiger partial charge is 0.308 e. The van der Waals surface area contributed by atoms with Crippen molar-refractivity contribution in [1.29, 1.82) is 0 Å². The molecule has 1 aliphatic carbocycles. The van der Waals surface area contributed by atoms with E-state index in [2.05, 4.69) is 39.5 Å². The number of hydrogen-bond donors (Lipinski definition) is 0. The minimum absolute atomic E-state index is 0.0955. The first-order chi connectivity index (χ1) is 13.5. The maximum Gasteiger partial charge on any atom is 0.308 e. The van der Waals surface area contributed by atoms with Gasteiger partial charge in [-0.3, -0.25) is 4.79 Å². The average molecular weight is 425 g/mol. The Hall–Kier alpha value is -1.76. The summed E-state index contributed by atoms with van der Waals surface area (Å²) in [5.41, 5.74) is 1.55. The van der Waals surface area contributed by atoms with Gasteiger partial charge in [0.05, 0.1) is 5.75 Å². The maximum atomic E-state index is 12.9. The van der Waals surface area contributed by atoms with Gasteiger partial charge in [-0.15, -0.1) is 0 Å². The van der Waals surface area contributed by atoms with Gasteiger partial charge in [-0.2, -0.15) is 8.42 Å². The molecule has 0 radical (unpaired) electrons. The standard InChI is InChI=1S/C22H36N2O4S/c1-7-23(8-2)19-11-10-17(20(14-19)28-29(26,27)9-3)16-24(18-12-13-18)21(25)15-22(4,5)6/h10-11,14,18H,7-9,12-13,15-16H2,1-6H3. The van der Waals surface area contributed by atoms with Gasteiger partial charge >= 0.3 is 10.1 Å². The number of amides is 1. The summed E-state index contributed by atoms with van der Waals surface area (Å²) in [6.07, 6.45) is 2.46. The van der Waals surface area contributed by atoms with E-state index < -0.39 is 10.1 Å². The highest BCUT2D eigenvalue weighted by molar-refractivity contribution is 7.87. The molecule has 7 heteroatoms. The predicted octanol–water partition coefficient (Wildman–Crippen LogP) is 4.19. The fourth-order valence-corrected chi connectivity index (χ4v) is 3.83. The molecule has 1 saturated carbocycles. The van der Waals surface area contributed by atoms with Crippen LogP contribution in [0.1, 0.15) is 66.4 Å². The SMILES string of the molecule is CCN(CC)c1ccc(CN(C(=O)CC(C)(C)C)C2CC2)c(OS(=O)(=O)CC)c1. The third kappa shape index (κ3) is 6.91. The summed E-state index contributed by atoms with van der Waals surface area (Å²) in [5, 5.41) is 0. The van der Waals surface area contributed by atoms with Crippen molar-refractivity contribution in [1.82, 2.24) is 4.90 Å². The number of nitrogens with zero attached hydrogens (tertiary/aromatic N) is 2. The van der Waals surface area contributed by atoms with Gasteiger partial charge in [-0.25, -0.2) is 0 Å². The fraction of sp³-hybridized carbons (Fsp3) is 0.682. The molecule has 0 unspecified atom stereocenters. The van der Waals surface area contributed by atoms with Crippen LogP contribution in [0.5, 0.6) is 5.75 Å². The molecule has 1 fully saturated rings. The highest BCUT2D eigenvalue weighted by atomic mass is 32.2. The van der Waals surface area contributed by atoms with Crippen molar-refractivity contribution in [3.63, 3.8) is 0 Å². The fourth-order valence-electron chi connectivity index (χ4n) is 3.28. The second-order valence-corrected chi connectivity index (χ2v) is 10.7. The molecule has 0 spiro atoms. The summed E-state index contributed by atoms with van der Waals surface area (Å²) in [5.74, 6) is 0.333. The molecule has 1 aromatic carbocycles. The normalized spacial score (nSPS) is 14.6. The molecule has 0 heterocycles. The van der Waals surface area contributed by atoms with Crippen molar-refractivity contribution in [2.45, 2.75) is 73.4 Å². The predicted molar refractivity (Wildman–Crippen MR) is 118 cm³/mol. The molecule has 0 aromatic heterocycles. The lowest BCUT2D eigenvalue weighted by Gasteiger charge is -2.28. The minimum atomic E-state index is -3.66. The summed E-state index contributed by atoms with van der Waals surface area (Å²) >= 11 is 0. The maximum absolute atomic E-state index is 12.9. The summed E-state index contributed by atoms with van der Waals surface area (Å²) in [4.78, 5) is 17.0. The first kappa shape index (κ1) is 23.5. The van der Waals surface area contributed by atoms with E-state index in [9.17, 15) is 13.2 Å². The molecular weight excluding hydrogens is 388 g/mol. The van der Waals surface area contributed by atoms with Crippen LogP contribution in [0.4, 0.5) is 5.69 Å². The molecule has 0 atom stereocenters. The summed E-state index contributed by atoms with van der Waals surface area (Å²) in [7, 11) is -3.66. The van der Waals surface area contributed by atoms with Crippen LogP contribution in [0, 0.1) is 5.41 Å². The molecule has 1 aliphatic rings. The molecule has 1 aromatic rings. The molecule has 0 aliphatic heterocycles. The molecule has 0 saturated heterocycles. The van der Waals surface area contributed by atoms with E-state index in [0.29, 0.717) is 18.7 Å². The minimum Gasteiger partial charge on any atom is -0.382 e. The van der Waals surface area contributed by atoms with Crippen LogP contribution in [-0.2, 0) is 21.5 Å². The second kappa shape index (κ2) is 9.37. The van der Waals surface area contributed by atoms with E-state index in [0.717, 1.165) is 37.2 Å². The van der Waals surface area contributed by atoms with E-state index in [4.69, 9.17) is 4.18 Å². The zero-order chi connectivity index (χ0) is 21.8. The lowest BCUT2D eigenvalue weighted by molar-refractivity contribution is -0.134. The average Bonchev–Trinajstić information content (AvgIpc) is 3.45.